The highest BCUT2D eigenvalue weighted by atomic mass is 35.5. The van der Waals surface area contributed by atoms with Crippen LogP contribution in [0.2, 0.25) is 5.02 Å². The Morgan fingerprint density at radius 1 is 1.16 bits per heavy atom. The Balaban J connectivity index is 1.51. The fourth-order valence-corrected chi connectivity index (χ4v) is 5.18. The molecular weight excluding hydrogens is 416 g/mol. The van der Waals surface area contributed by atoms with Gasteiger partial charge in [-0.05, 0) is 30.5 Å². The van der Waals surface area contributed by atoms with E-state index in [1.165, 1.54) is 39.2 Å². The van der Waals surface area contributed by atoms with Crippen LogP contribution < -0.4 is 10.6 Å². The van der Waals surface area contributed by atoms with Crippen molar-refractivity contribution in [3.8, 4) is 0 Å². The summed E-state index contributed by atoms with van der Waals surface area (Å²) < 4.78 is 5.07. The average molecular weight is 447 g/mol. The van der Waals surface area contributed by atoms with Crippen LogP contribution in [0.5, 0.6) is 0 Å². The van der Waals surface area contributed by atoms with E-state index in [9.17, 15) is 9.59 Å². The minimum Gasteiger partial charge on any atom is -0.466 e. The van der Waals surface area contributed by atoms with Gasteiger partial charge in [-0.2, -0.15) is 0 Å². The molecule has 7 nitrogen and oxygen atoms in total. The zero-order chi connectivity index (χ0) is 21.8. The molecule has 1 aliphatic carbocycles. The van der Waals surface area contributed by atoms with Crippen LogP contribution in [0.15, 0.2) is 35.5 Å². The third-order valence-electron chi connectivity index (χ3n) is 6.62. The van der Waals surface area contributed by atoms with E-state index >= 15 is 0 Å². The third-order valence-corrected chi connectivity index (χ3v) is 6.86. The number of carbonyl (C=O) groups excluding carboxylic acids is 2. The maximum atomic E-state index is 12.7. The number of piperazine rings is 1. The monoisotopic (exact) mass is 446 g/mol. The molecule has 2 fully saturated rings. The standard InChI is InChI=1S/C23H31ClN4O3/c1-31-22(29)20-19(25-23(30)26-21(20)16-6-5-7-17(24)14-16)15-27-10-12-28(13-11-27)18-8-3-2-4-9-18/h5-7,14,18,21H,2-4,8-13,15H2,1H3,(H2,25,26,30). The molecule has 0 aromatic heterocycles. The molecule has 0 bridgehead atoms. The lowest BCUT2D eigenvalue weighted by Crippen LogP contribution is -2.53. The topological polar surface area (TPSA) is 73.9 Å². The largest absolute Gasteiger partial charge is 0.466 e. The summed E-state index contributed by atoms with van der Waals surface area (Å²) in [5.41, 5.74) is 1.79. The van der Waals surface area contributed by atoms with Gasteiger partial charge in [-0.1, -0.05) is 43.0 Å². The number of halogens is 1. The van der Waals surface area contributed by atoms with Gasteiger partial charge >= 0.3 is 12.0 Å². The summed E-state index contributed by atoms with van der Waals surface area (Å²) in [5.74, 6) is -0.451. The minimum atomic E-state index is -0.599. The normalized spacial score (nSPS) is 23.9. The van der Waals surface area contributed by atoms with Crippen LogP contribution in [0.1, 0.15) is 43.7 Å². The molecule has 1 atom stereocenters. The van der Waals surface area contributed by atoms with E-state index in [1.54, 1.807) is 12.1 Å². The Morgan fingerprint density at radius 3 is 2.58 bits per heavy atom. The van der Waals surface area contributed by atoms with E-state index in [1.807, 2.05) is 12.1 Å². The molecule has 1 unspecified atom stereocenters. The fourth-order valence-electron chi connectivity index (χ4n) is 4.99. The lowest BCUT2D eigenvalue weighted by atomic mass is 9.93. The van der Waals surface area contributed by atoms with Crippen LogP contribution in [-0.4, -0.2) is 67.7 Å². The Hall–Kier alpha value is -2.09. The summed E-state index contributed by atoms with van der Waals surface area (Å²) in [6.45, 7) is 4.39. The molecule has 0 radical (unpaired) electrons. The van der Waals surface area contributed by atoms with Crippen LogP contribution in [0.3, 0.4) is 0 Å². The molecule has 2 heterocycles. The zero-order valence-electron chi connectivity index (χ0n) is 18.0. The van der Waals surface area contributed by atoms with E-state index < -0.39 is 12.0 Å². The van der Waals surface area contributed by atoms with Gasteiger partial charge in [-0.15, -0.1) is 0 Å². The number of esters is 1. The van der Waals surface area contributed by atoms with Crippen molar-refractivity contribution in [2.45, 2.75) is 44.2 Å². The van der Waals surface area contributed by atoms with Gasteiger partial charge in [-0.3, -0.25) is 9.80 Å². The van der Waals surface area contributed by atoms with E-state index in [2.05, 4.69) is 20.4 Å². The van der Waals surface area contributed by atoms with Crippen molar-refractivity contribution in [3.63, 3.8) is 0 Å². The molecule has 1 saturated carbocycles. The molecule has 0 spiro atoms. The lowest BCUT2D eigenvalue weighted by molar-refractivity contribution is -0.136. The van der Waals surface area contributed by atoms with Gasteiger partial charge in [0.2, 0.25) is 0 Å². The van der Waals surface area contributed by atoms with E-state index in [-0.39, 0.29) is 6.03 Å². The lowest BCUT2D eigenvalue weighted by Gasteiger charge is -2.41. The highest BCUT2D eigenvalue weighted by Crippen LogP contribution is 2.30. The molecule has 168 valence electrons. The summed E-state index contributed by atoms with van der Waals surface area (Å²) in [6.07, 6.45) is 6.65. The number of carbonyl (C=O) groups is 2. The first-order chi connectivity index (χ1) is 15.0. The molecule has 3 aliphatic rings. The van der Waals surface area contributed by atoms with Crippen molar-refractivity contribution in [1.82, 2.24) is 20.4 Å². The Bertz CT molecular complexity index is 845. The Kier molecular flexibility index (Phi) is 7.15. The molecule has 1 aromatic carbocycles. The zero-order valence-corrected chi connectivity index (χ0v) is 18.8. The summed E-state index contributed by atoms with van der Waals surface area (Å²) in [6, 6.07) is 6.98. The van der Waals surface area contributed by atoms with Gasteiger partial charge in [0.05, 0.1) is 18.7 Å². The molecule has 4 rings (SSSR count). The summed E-state index contributed by atoms with van der Waals surface area (Å²) >= 11 is 6.16. The molecule has 2 N–H and O–H groups in total. The number of hydrogen-bond donors (Lipinski definition) is 2. The molecule has 1 aromatic rings. The van der Waals surface area contributed by atoms with Crippen molar-refractivity contribution in [3.05, 3.63) is 46.1 Å². The summed E-state index contributed by atoms with van der Waals surface area (Å²) in [7, 11) is 1.36. The first-order valence-electron chi connectivity index (χ1n) is 11.2. The van der Waals surface area contributed by atoms with Crippen molar-refractivity contribution >= 4 is 23.6 Å². The minimum absolute atomic E-state index is 0.325. The number of amides is 2. The molecular formula is C23H31ClN4O3. The number of urea groups is 1. The smallest absolute Gasteiger partial charge is 0.338 e. The Morgan fingerprint density at radius 2 is 1.90 bits per heavy atom. The van der Waals surface area contributed by atoms with Crippen molar-refractivity contribution < 1.29 is 14.3 Å². The van der Waals surface area contributed by atoms with E-state index in [0.29, 0.717) is 28.9 Å². The fraction of sp³-hybridized carbons (Fsp3) is 0.565. The van der Waals surface area contributed by atoms with Crippen LogP contribution in [0.4, 0.5) is 4.79 Å². The van der Waals surface area contributed by atoms with Gasteiger partial charge < -0.3 is 15.4 Å². The quantitative estimate of drug-likeness (QED) is 0.680. The number of methoxy groups -OCH3 is 1. The van der Waals surface area contributed by atoms with Crippen LogP contribution in [0, 0.1) is 0 Å². The van der Waals surface area contributed by atoms with E-state index in [4.69, 9.17) is 16.3 Å². The van der Waals surface area contributed by atoms with Crippen LogP contribution >= 0.6 is 11.6 Å². The molecule has 31 heavy (non-hydrogen) atoms. The van der Waals surface area contributed by atoms with Gasteiger partial charge in [0.15, 0.2) is 0 Å². The highest BCUT2D eigenvalue weighted by Gasteiger charge is 2.35. The first-order valence-corrected chi connectivity index (χ1v) is 11.5. The predicted octanol–water partition coefficient (Wildman–Crippen LogP) is 3.07. The third kappa shape index (κ3) is 5.22. The highest BCUT2D eigenvalue weighted by molar-refractivity contribution is 6.30. The second kappa shape index (κ2) is 10.0. The summed E-state index contributed by atoms with van der Waals surface area (Å²) in [4.78, 5) is 30.1. The maximum Gasteiger partial charge on any atom is 0.338 e. The molecule has 2 amide bonds. The average Bonchev–Trinajstić information content (AvgIpc) is 2.79. The van der Waals surface area contributed by atoms with Gasteiger partial charge in [0.1, 0.15) is 0 Å². The molecule has 2 aliphatic heterocycles. The van der Waals surface area contributed by atoms with Crippen molar-refractivity contribution in [2.75, 3.05) is 39.8 Å². The number of rotatable bonds is 5. The number of nitrogens with one attached hydrogen (secondary N) is 2. The second-order valence-electron chi connectivity index (χ2n) is 8.57. The molecule has 1 saturated heterocycles. The second-order valence-corrected chi connectivity index (χ2v) is 9.01. The summed E-state index contributed by atoms with van der Waals surface area (Å²) in [5, 5.41) is 6.26. The number of benzene rings is 1. The predicted molar refractivity (Wildman–Crippen MR) is 120 cm³/mol. The SMILES string of the molecule is COC(=O)C1=C(CN2CCN(C3CCCCC3)CC2)NC(=O)NC1c1cccc(Cl)c1. The maximum absolute atomic E-state index is 12.7. The number of ether oxygens (including phenoxy) is 1. The number of hydrogen-bond acceptors (Lipinski definition) is 5. The van der Waals surface area contributed by atoms with Crippen LogP contribution in [-0.2, 0) is 9.53 Å². The van der Waals surface area contributed by atoms with Gasteiger partial charge in [0.25, 0.3) is 0 Å². The van der Waals surface area contributed by atoms with Gasteiger partial charge in [-0.25, -0.2) is 9.59 Å². The first kappa shape index (κ1) is 22.1. The number of nitrogens with zero attached hydrogens (tertiary/aromatic N) is 2. The van der Waals surface area contributed by atoms with Crippen LogP contribution in [0.25, 0.3) is 0 Å². The molecule has 8 heteroatoms. The van der Waals surface area contributed by atoms with Crippen molar-refractivity contribution in [1.29, 1.82) is 0 Å². The van der Waals surface area contributed by atoms with Crippen molar-refractivity contribution in [2.24, 2.45) is 0 Å². The van der Waals surface area contributed by atoms with Gasteiger partial charge in [0, 0.05) is 49.5 Å². The van der Waals surface area contributed by atoms with E-state index in [0.717, 1.165) is 31.7 Å². The Labute approximate surface area is 188 Å².